The summed E-state index contributed by atoms with van der Waals surface area (Å²) in [6, 6.07) is 5.51. The van der Waals surface area contributed by atoms with Crippen molar-refractivity contribution < 1.29 is 14.0 Å². The maximum absolute atomic E-state index is 13.4. The third-order valence-corrected chi connectivity index (χ3v) is 5.46. The van der Waals surface area contributed by atoms with E-state index in [-0.39, 0.29) is 23.8 Å². The van der Waals surface area contributed by atoms with Crippen LogP contribution in [-0.4, -0.2) is 51.6 Å². The van der Waals surface area contributed by atoms with Crippen LogP contribution in [0.1, 0.15) is 43.1 Å². The Balaban J connectivity index is 1.71. The van der Waals surface area contributed by atoms with Crippen LogP contribution in [0.3, 0.4) is 0 Å². The molecule has 1 fully saturated rings. The number of piperidine rings is 1. The van der Waals surface area contributed by atoms with E-state index in [4.69, 9.17) is 9.40 Å². The summed E-state index contributed by atoms with van der Waals surface area (Å²) < 4.78 is 7.33. The molecule has 8 heteroatoms. The first-order valence-corrected chi connectivity index (χ1v) is 9.92. The Hall–Kier alpha value is -3.16. The SMILES string of the molecule is CNC(=O)C1CCN(C(=O)c2cc(-c3ccco3)nc3c2cnn3C(C)C)CC1. The van der Waals surface area contributed by atoms with Crippen LogP contribution < -0.4 is 5.32 Å². The lowest BCUT2D eigenvalue weighted by Gasteiger charge is -2.31. The van der Waals surface area contributed by atoms with E-state index < -0.39 is 0 Å². The Bertz CT molecular complexity index is 1030. The molecule has 3 aromatic heterocycles. The first kappa shape index (κ1) is 19.2. The summed E-state index contributed by atoms with van der Waals surface area (Å²) in [6.45, 7) is 5.15. The number of aromatic nitrogens is 3. The van der Waals surface area contributed by atoms with E-state index in [0.717, 1.165) is 5.39 Å². The lowest BCUT2D eigenvalue weighted by atomic mass is 9.95. The Morgan fingerprint density at radius 3 is 2.66 bits per heavy atom. The second kappa shape index (κ2) is 7.69. The second-order valence-electron chi connectivity index (χ2n) is 7.63. The number of fused-ring (bicyclic) bond motifs is 1. The predicted molar refractivity (Wildman–Crippen MR) is 108 cm³/mol. The Morgan fingerprint density at radius 1 is 1.28 bits per heavy atom. The predicted octanol–water partition coefficient (Wildman–Crippen LogP) is 2.87. The highest BCUT2D eigenvalue weighted by molar-refractivity contribution is 6.06. The van der Waals surface area contributed by atoms with Gasteiger partial charge in [0, 0.05) is 32.1 Å². The van der Waals surface area contributed by atoms with Gasteiger partial charge < -0.3 is 14.6 Å². The molecule has 1 aliphatic heterocycles. The average Bonchev–Trinajstić information content (AvgIpc) is 3.42. The number of amides is 2. The largest absolute Gasteiger partial charge is 0.463 e. The third-order valence-electron chi connectivity index (χ3n) is 5.46. The number of pyridine rings is 1. The summed E-state index contributed by atoms with van der Waals surface area (Å²) in [6.07, 6.45) is 4.62. The molecule has 8 nitrogen and oxygen atoms in total. The number of furan rings is 1. The average molecular weight is 395 g/mol. The van der Waals surface area contributed by atoms with Gasteiger partial charge in [-0.1, -0.05) is 0 Å². The van der Waals surface area contributed by atoms with Crippen molar-refractivity contribution in [2.45, 2.75) is 32.7 Å². The summed E-state index contributed by atoms with van der Waals surface area (Å²) in [5.74, 6) is 0.547. The number of carbonyl (C=O) groups excluding carboxylic acids is 2. The topological polar surface area (TPSA) is 93.3 Å². The quantitative estimate of drug-likeness (QED) is 0.733. The molecule has 152 valence electrons. The van der Waals surface area contributed by atoms with Crippen LogP contribution in [0, 0.1) is 5.92 Å². The fourth-order valence-corrected chi connectivity index (χ4v) is 3.84. The monoisotopic (exact) mass is 395 g/mol. The van der Waals surface area contributed by atoms with Gasteiger partial charge in [0.2, 0.25) is 5.91 Å². The van der Waals surface area contributed by atoms with Gasteiger partial charge in [-0.05, 0) is 44.9 Å². The molecule has 0 radical (unpaired) electrons. The van der Waals surface area contributed by atoms with Crippen molar-refractivity contribution in [3.63, 3.8) is 0 Å². The highest BCUT2D eigenvalue weighted by Crippen LogP contribution is 2.28. The maximum Gasteiger partial charge on any atom is 0.254 e. The van der Waals surface area contributed by atoms with E-state index in [2.05, 4.69) is 10.4 Å². The number of carbonyl (C=O) groups is 2. The molecule has 2 amide bonds. The molecular weight excluding hydrogens is 370 g/mol. The fourth-order valence-electron chi connectivity index (χ4n) is 3.84. The van der Waals surface area contributed by atoms with Crippen molar-refractivity contribution in [1.82, 2.24) is 25.0 Å². The van der Waals surface area contributed by atoms with Crippen molar-refractivity contribution in [2.75, 3.05) is 20.1 Å². The van der Waals surface area contributed by atoms with Crippen LogP contribution in [0.25, 0.3) is 22.5 Å². The van der Waals surface area contributed by atoms with E-state index in [0.29, 0.717) is 48.6 Å². The Kier molecular flexibility index (Phi) is 5.08. The number of hydrogen-bond donors (Lipinski definition) is 1. The summed E-state index contributed by atoms with van der Waals surface area (Å²) in [5, 5.41) is 7.88. The molecule has 4 rings (SSSR count). The Labute approximate surface area is 168 Å². The van der Waals surface area contributed by atoms with E-state index in [1.807, 2.05) is 29.5 Å². The van der Waals surface area contributed by atoms with Crippen molar-refractivity contribution in [3.05, 3.63) is 36.2 Å². The van der Waals surface area contributed by atoms with Crippen molar-refractivity contribution >= 4 is 22.8 Å². The molecule has 1 N–H and O–H groups in total. The maximum atomic E-state index is 13.4. The van der Waals surface area contributed by atoms with Crippen LogP contribution in [0.4, 0.5) is 0 Å². The molecule has 1 aliphatic rings. The van der Waals surface area contributed by atoms with E-state index in [1.54, 1.807) is 31.6 Å². The van der Waals surface area contributed by atoms with Crippen LogP contribution in [0.5, 0.6) is 0 Å². The molecule has 0 aromatic carbocycles. The van der Waals surface area contributed by atoms with Gasteiger partial charge in [-0.15, -0.1) is 0 Å². The van der Waals surface area contributed by atoms with E-state index in [9.17, 15) is 9.59 Å². The molecule has 4 heterocycles. The molecule has 0 bridgehead atoms. The van der Waals surface area contributed by atoms with Crippen LogP contribution in [0.15, 0.2) is 35.1 Å². The summed E-state index contributed by atoms with van der Waals surface area (Å²) in [7, 11) is 1.65. The molecule has 0 unspecified atom stereocenters. The summed E-state index contributed by atoms with van der Waals surface area (Å²) in [5.41, 5.74) is 1.83. The zero-order valence-corrected chi connectivity index (χ0v) is 16.9. The zero-order chi connectivity index (χ0) is 20.5. The van der Waals surface area contributed by atoms with Gasteiger partial charge >= 0.3 is 0 Å². The van der Waals surface area contributed by atoms with Crippen LogP contribution >= 0.6 is 0 Å². The van der Waals surface area contributed by atoms with Gasteiger partial charge in [0.05, 0.1) is 23.4 Å². The van der Waals surface area contributed by atoms with E-state index in [1.165, 1.54) is 0 Å². The van der Waals surface area contributed by atoms with Crippen LogP contribution in [0.2, 0.25) is 0 Å². The van der Waals surface area contributed by atoms with Crippen molar-refractivity contribution in [1.29, 1.82) is 0 Å². The van der Waals surface area contributed by atoms with Crippen molar-refractivity contribution in [3.8, 4) is 11.5 Å². The van der Waals surface area contributed by atoms with Crippen molar-refractivity contribution in [2.24, 2.45) is 5.92 Å². The summed E-state index contributed by atoms with van der Waals surface area (Å²) in [4.78, 5) is 31.8. The normalized spacial score (nSPS) is 15.2. The number of nitrogens with one attached hydrogen (secondary N) is 1. The lowest BCUT2D eigenvalue weighted by molar-refractivity contribution is -0.125. The third kappa shape index (κ3) is 3.50. The fraction of sp³-hybridized carbons (Fsp3) is 0.429. The Morgan fingerprint density at radius 2 is 2.03 bits per heavy atom. The minimum Gasteiger partial charge on any atom is -0.463 e. The molecule has 0 atom stereocenters. The number of nitrogens with zero attached hydrogens (tertiary/aromatic N) is 4. The first-order chi connectivity index (χ1) is 14.0. The second-order valence-corrected chi connectivity index (χ2v) is 7.63. The van der Waals surface area contributed by atoms with E-state index >= 15 is 0 Å². The minimum absolute atomic E-state index is 0.0381. The minimum atomic E-state index is -0.0659. The molecular formula is C21H25N5O3. The molecule has 1 saturated heterocycles. The van der Waals surface area contributed by atoms with Gasteiger partial charge in [0.1, 0.15) is 5.69 Å². The lowest BCUT2D eigenvalue weighted by Crippen LogP contribution is -2.42. The van der Waals surface area contributed by atoms with Crippen LogP contribution in [-0.2, 0) is 4.79 Å². The molecule has 0 spiro atoms. The molecule has 0 saturated carbocycles. The number of rotatable bonds is 4. The van der Waals surface area contributed by atoms with Gasteiger partial charge in [0.25, 0.3) is 5.91 Å². The zero-order valence-electron chi connectivity index (χ0n) is 16.9. The van der Waals surface area contributed by atoms with Gasteiger partial charge in [-0.3, -0.25) is 9.59 Å². The summed E-state index contributed by atoms with van der Waals surface area (Å²) >= 11 is 0. The van der Waals surface area contributed by atoms with Gasteiger partial charge in [-0.25, -0.2) is 9.67 Å². The van der Waals surface area contributed by atoms with Gasteiger partial charge in [-0.2, -0.15) is 5.10 Å². The molecule has 0 aliphatic carbocycles. The highest BCUT2D eigenvalue weighted by Gasteiger charge is 2.29. The number of likely N-dealkylation sites (tertiary alicyclic amines) is 1. The standard InChI is InChI=1S/C21H25N5O3/c1-13(2)26-19-16(12-23-26)15(11-17(24-19)18-5-4-10-29-18)21(28)25-8-6-14(7-9-25)20(27)22-3/h4-5,10-14H,6-9H2,1-3H3,(H,22,27). The molecule has 29 heavy (non-hydrogen) atoms. The van der Waals surface area contributed by atoms with Gasteiger partial charge in [0.15, 0.2) is 11.4 Å². The smallest absolute Gasteiger partial charge is 0.254 e. The molecule has 3 aromatic rings. The number of hydrogen-bond acceptors (Lipinski definition) is 5. The highest BCUT2D eigenvalue weighted by atomic mass is 16.3. The first-order valence-electron chi connectivity index (χ1n) is 9.92.